The fourth-order valence-electron chi connectivity index (χ4n) is 2.68. The first-order valence-electron chi connectivity index (χ1n) is 9.01. The second-order valence-electron chi connectivity index (χ2n) is 6.42. The highest BCUT2D eigenvalue weighted by atomic mass is 127. The maximum Gasteiger partial charge on any atom is 0.352 e. The molecule has 5 nitrogen and oxygen atoms in total. The molecule has 0 heterocycles. The minimum Gasteiger partial charge on any atom is -0.487 e. The topological polar surface area (TPSA) is 75.6 Å². The first kappa shape index (κ1) is 23.2. The van der Waals surface area contributed by atoms with E-state index in [2.05, 4.69) is 50.5 Å². The van der Waals surface area contributed by atoms with Gasteiger partial charge in [-0.25, -0.2) is 9.18 Å². The number of carbonyl (C=O) groups is 2. The van der Waals surface area contributed by atoms with Crippen molar-refractivity contribution in [3.8, 4) is 5.75 Å². The summed E-state index contributed by atoms with van der Waals surface area (Å²) in [5, 5.41) is 12.0. The van der Waals surface area contributed by atoms with Crippen molar-refractivity contribution in [3.63, 3.8) is 0 Å². The number of benzene rings is 3. The van der Waals surface area contributed by atoms with Crippen LogP contribution in [0.2, 0.25) is 0 Å². The summed E-state index contributed by atoms with van der Waals surface area (Å²) in [6.07, 6.45) is 1.39. The second kappa shape index (κ2) is 10.7. The summed E-state index contributed by atoms with van der Waals surface area (Å²) in [6.45, 7) is 0.201. The molecular weight excluding hydrogens is 627 g/mol. The zero-order valence-electron chi connectivity index (χ0n) is 15.9. The van der Waals surface area contributed by atoms with Crippen LogP contribution in [0.4, 0.5) is 4.39 Å². The smallest absolute Gasteiger partial charge is 0.352 e. The standard InChI is InChI=1S/C23H16FI2NO4/c24-17-8-4-5-14(9-17)13-31-21-18(25)10-15(11-19(21)26)12-20(23(29)30)27-22(28)16-6-2-1-3-7-16/h1-12H,13H2,(H,27,28)(H,29,30)/b20-12+. The fourth-order valence-corrected chi connectivity index (χ4v) is 4.81. The van der Waals surface area contributed by atoms with E-state index in [4.69, 9.17) is 4.74 Å². The largest absolute Gasteiger partial charge is 0.487 e. The van der Waals surface area contributed by atoms with Crippen LogP contribution in [-0.2, 0) is 11.4 Å². The molecule has 0 saturated heterocycles. The molecule has 31 heavy (non-hydrogen) atoms. The lowest BCUT2D eigenvalue weighted by atomic mass is 10.1. The molecule has 3 aromatic carbocycles. The molecule has 0 fully saturated rings. The number of nitrogens with one attached hydrogen (secondary N) is 1. The first-order chi connectivity index (χ1) is 14.8. The molecule has 3 aromatic rings. The Hall–Kier alpha value is -2.47. The van der Waals surface area contributed by atoms with E-state index in [1.807, 2.05) is 0 Å². The lowest BCUT2D eigenvalue weighted by Crippen LogP contribution is -2.27. The second-order valence-corrected chi connectivity index (χ2v) is 8.74. The summed E-state index contributed by atoms with van der Waals surface area (Å²) in [6, 6.07) is 18.0. The molecule has 0 unspecified atom stereocenters. The zero-order chi connectivity index (χ0) is 22.4. The van der Waals surface area contributed by atoms with Crippen LogP contribution in [0.25, 0.3) is 6.08 Å². The Morgan fingerprint density at radius 1 is 1.00 bits per heavy atom. The number of rotatable bonds is 7. The normalized spacial score (nSPS) is 11.1. The molecule has 0 bridgehead atoms. The van der Waals surface area contributed by atoms with Crippen molar-refractivity contribution in [1.29, 1.82) is 0 Å². The molecule has 1 amide bonds. The van der Waals surface area contributed by atoms with Gasteiger partial charge in [0.15, 0.2) is 0 Å². The third kappa shape index (κ3) is 6.50. The number of halogens is 3. The van der Waals surface area contributed by atoms with Crippen LogP contribution in [0.15, 0.2) is 72.4 Å². The molecule has 8 heteroatoms. The molecule has 0 aliphatic rings. The van der Waals surface area contributed by atoms with Gasteiger partial charge in [-0.05, 0) is 98.8 Å². The van der Waals surface area contributed by atoms with Crippen LogP contribution in [0.1, 0.15) is 21.5 Å². The Bertz CT molecular complexity index is 1130. The Balaban J connectivity index is 1.80. The van der Waals surface area contributed by atoms with Crippen LogP contribution in [-0.4, -0.2) is 17.0 Å². The molecule has 0 aliphatic heterocycles. The monoisotopic (exact) mass is 643 g/mol. The van der Waals surface area contributed by atoms with E-state index in [1.165, 1.54) is 18.2 Å². The van der Waals surface area contributed by atoms with Gasteiger partial charge in [-0.3, -0.25) is 4.79 Å². The van der Waals surface area contributed by atoms with E-state index in [1.54, 1.807) is 54.6 Å². The minimum atomic E-state index is -1.25. The van der Waals surface area contributed by atoms with Crippen LogP contribution in [0.3, 0.4) is 0 Å². The van der Waals surface area contributed by atoms with Gasteiger partial charge < -0.3 is 15.2 Å². The maximum absolute atomic E-state index is 13.3. The van der Waals surface area contributed by atoms with Gasteiger partial charge in [-0.15, -0.1) is 0 Å². The Kier molecular flexibility index (Phi) is 8.02. The fraction of sp³-hybridized carbons (Fsp3) is 0.0435. The minimum absolute atomic E-state index is 0.201. The molecule has 158 valence electrons. The van der Waals surface area contributed by atoms with Gasteiger partial charge in [-0.1, -0.05) is 30.3 Å². The quantitative estimate of drug-likeness (QED) is 0.265. The average molecular weight is 643 g/mol. The van der Waals surface area contributed by atoms with E-state index in [0.717, 1.165) is 7.14 Å². The predicted octanol–water partition coefficient (Wildman–Crippen LogP) is 5.47. The van der Waals surface area contributed by atoms with Gasteiger partial charge in [0.2, 0.25) is 0 Å². The average Bonchev–Trinajstić information content (AvgIpc) is 2.73. The zero-order valence-corrected chi connectivity index (χ0v) is 20.3. The summed E-state index contributed by atoms with van der Waals surface area (Å²) in [4.78, 5) is 24.0. The SMILES string of the molecule is O=C(O)/C(=C\c1cc(I)c(OCc2cccc(F)c2)c(I)c1)NC(=O)c1ccccc1. The molecule has 2 N–H and O–H groups in total. The van der Waals surface area contributed by atoms with Crippen molar-refractivity contribution in [2.75, 3.05) is 0 Å². The van der Waals surface area contributed by atoms with Gasteiger partial charge in [0.05, 0.1) is 7.14 Å². The third-order valence-electron chi connectivity index (χ3n) is 4.12. The molecular formula is C23H16FI2NO4. The molecule has 0 aromatic heterocycles. The van der Waals surface area contributed by atoms with Crippen molar-refractivity contribution in [2.45, 2.75) is 6.61 Å². The van der Waals surface area contributed by atoms with Gasteiger partial charge in [-0.2, -0.15) is 0 Å². The highest BCUT2D eigenvalue weighted by molar-refractivity contribution is 14.1. The van der Waals surface area contributed by atoms with Crippen molar-refractivity contribution in [1.82, 2.24) is 5.32 Å². The Morgan fingerprint density at radius 2 is 1.68 bits per heavy atom. The lowest BCUT2D eigenvalue weighted by Gasteiger charge is -2.12. The number of carboxylic acids is 1. The summed E-state index contributed by atoms with van der Waals surface area (Å²) in [5.41, 5.74) is 1.42. The van der Waals surface area contributed by atoms with E-state index < -0.39 is 11.9 Å². The van der Waals surface area contributed by atoms with Crippen molar-refractivity contribution < 1.29 is 23.8 Å². The van der Waals surface area contributed by atoms with Crippen LogP contribution in [0.5, 0.6) is 5.75 Å². The summed E-state index contributed by atoms with van der Waals surface area (Å²) in [7, 11) is 0. The van der Waals surface area contributed by atoms with E-state index in [-0.39, 0.29) is 18.1 Å². The molecule has 0 spiro atoms. The molecule has 0 aliphatic carbocycles. The number of amides is 1. The molecule has 0 saturated carbocycles. The number of hydrogen-bond donors (Lipinski definition) is 2. The first-order valence-corrected chi connectivity index (χ1v) is 11.2. The van der Waals surface area contributed by atoms with Crippen LogP contribution in [0, 0.1) is 13.0 Å². The van der Waals surface area contributed by atoms with Gasteiger partial charge >= 0.3 is 5.97 Å². The summed E-state index contributed by atoms with van der Waals surface area (Å²) >= 11 is 4.18. The number of ether oxygens (including phenoxy) is 1. The van der Waals surface area contributed by atoms with E-state index in [0.29, 0.717) is 22.4 Å². The summed E-state index contributed by atoms with van der Waals surface area (Å²) < 4.78 is 20.7. The van der Waals surface area contributed by atoms with Crippen molar-refractivity contribution in [3.05, 3.63) is 102 Å². The highest BCUT2D eigenvalue weighted by Crippen LogP contribution is 2.30. The number of carbonyl (C=O) groups excluding carboxylic acids is 1. The Morgan fingerprint density at radius 3 is 2.29 bits per heavy atom. The maximum atomic E-state index is 13.3. The van der Waals surface area contributed by atoms with Crippen molar-refractivity contribution in [2.24, 2.45) is 0 Å². The lowest BCUT2D eigenvalue weighted by molar-refractivity contribution is -0.132. The predicted molar refractivity (Wildman–Crippen MR) is 132 cm³/mol. The molecule has 0 radical (unpaired) electrons. The molecule has 3 rings (SSSR count). The number of hydrogen-bond acceptors (Lipinski definition) is 3. The highest BCUT2D eigenvalue weighted by Gasteiger charge is 2.15. The van der Waals surface area contributed by atoms with E-state index in [9.17, 15) is 19.1 Å². The van der Waals surface area contributed by atoms with Gasteiger partial charge in [0.25, 0.3) is 5.91 Å². The van der Waals surface area contributed by atoms with Crippen LogP contribution >= 0.6 is 45.2 Å². The van der Waals surface area contributed by atoms with E-state index >= 15 is 0 Å². The van der Waals surface area contributed by atoms with Crippen LogP contribution < -0.4 is 10.1 Å². The van der Waals surface area contributed by atoms with Gasteiger partial charge in [0, 0.05) is 5.56 Å². The molecule has 0 atom stereocenters. The third-order valence-corrected chi connectivity index (χ3v) is 5.72. The summed E-state index contributed by atoms with van der Waals surface area (Å²) in [5.74, 6) is -1.47. The number of aliphatic carboxylic acids is 1. The Labute approximate surface area is 205 Å². The van der Waals surface area contributed by atoms with Gasteiger partial charge in [0.1, 0.15) is 23.9 Å². The number of carboxylic acid groups (broad SMARTS) is 1. The van der Waals surface area contributed by atoms with Crippen molar-refractivity contribution >= 4 is 63.1 Å².